The topological polar surface area (TPSA) is 80.3 Å². The van der Waals surface area contributed by atoms with Gasteiger partial charge in [-0.2, -0.15) is 0 Å². The molecule has 0 aliphatic carbocycles. The SMILES string of the molecule is Cc1ccc(-c2nc3cc(NC(=S)NC(=O)c4ccc(-c5cc(Cl)ccc5Cl)o4)ccc3o2)cc1C. The number of benzene rings is 3. The van der Waals surface area contributed by atoms with Crippen LogP contribution >= 0.6 is 35.4 Å². The van der Waals surface area contributed by atoms with Gasteiger partial charge in [0.05, 0.1) is 5.02 Å². The third-order valence-electron chi connectivity index (χ3n) is 5.65. The van der Waals surface area contributed by atoms with E-state index in [1.807, 2.05) is 18.2 Å². The summed E-state index contributed by atoms with van der Waals surface area (Å²) in [5.41, 5.74) is 5.82. The van der Waals surface area contributed by atoms with Crippen molar-refractivity contribution >= 4 is 63.2 Å². The quantitative estimate of drug-likeness (QED) is 0.228. The Kier molecular flexibility index (Phi) is 6.53. The third-order valence-corrected chi connectivity index (χ3v) is 6.42. The normalized spacial score (nSPS) is 11.0. The van der Waals surface area contributed by atoms with Crippen LogP contribution in [0.2, 0.25) is 10.0 Å². The van der Waals surface area contributed by atoms with Crippen molar-refractivity contribution < 1.29 is 13.6 Å². The molecule has 0 fully saturated rings. The van der Waals surface area contributed by atoms with E-state index in [-0.39, 0.29) is 10.9 Å². The van der Waals surface area contributed by atoms with E-state index in [0.717, 1.165) is 11.1 Å². The lowest BCUT2D eigenvalue weighted by atomic mass is 10.1. The Morgan fingerprint density at radius 2 is 1.75 bits per heavy atom. The van der Waals surface area contributed by atoms with Crippen LogP contribution in [0.1, 0.15) is 21.7 Å². The van der Waals surface area contributed by atoms with Gasteiger partial charge in [-0.15, -0.1) is 0 Å². The van der Waals surface area contributed by atoms with E-state index in [2.05, 4.69) is 29.5 Å². The zero-order valence-corrected chi connectivity index (χ0v) is 21.5. The summed E-state index contributed by atoms with van der Waals surface area (Å²) in [7, 11) is 0. The van der Waals surface area contributed by atoms with Crippen molar-refractivity contribution in [1.29, 1.82) is 0 Å². The molecule has 0 atom stereocenters. The molecule has 0 aliphatic heterocycles. The highest BCUT2D eigenvalue weighted by Crippen LogP contribution is 2.32. The summed E-state index contributed by atoms with van der Waals surface area (Å²) in [5.74, 6) is 0.531. The molecule has 5 aromatic rings. The van der Waals surface area contributed by atoms with Crippen molar-refractivity contribution in [3.63, 3.8) is 0 Å². The molecule has 9 heteroatoms. The predicted octanol–water partition coefficient (Wildman–Crippen LogP) is 7.81. The second-order valence-electron chi connectivity index (χ2n) is 8.20. The first-order valence-corrected chi connectivity index (χ1v) is 12.1. The number of nitrogens with zero attached hydrogens (tertiary/aromatic N) is 1. The molecular weight excluding hydrogens is 517 g/mol. The van der Waals surface area contributed by atoms with Crippen LogP contribution < -0.4 is 10.6 Å². The largest absolute Gasteiger partial charge is 0.451 e. The average Bonchev–Trinajstić information content (AvgIpc) is 3.49. The summed E-state index contributed by atoms with van der Waals surface area (Å²) in [4.78, 5) is 17.2. The standard InChI is InChI=1S/C27H19Cl2N3O3S/c1-14-3-4-16(11-15(14)2)26-31-21-13-18(6-8-23(21)35-26)30-27(36)32-25(33)24-10-9-22(34-24)19-12-17(28)5-7-20(19)29/h3-13H,1-2H3,(H2,30,32,33,36). The Morgan fingerprint density at radius 3 is 2.56 bits per heavy atom. The number of fused-ring (bicyclic) bond motifs is 1. The van der Waals surface area contributed by atoms with Gasteiger partial charge in [-0.25, -0.2) is 4.98 Å². The van der Waals surface area contributed by atoms with E-state index in [4.69, 9.17) is 44.3 Å². The number of halogens is 2. The van der Waals surface area contributed by atoms with Crippen LogP contribution in [-0.4, -0.2) is 16.0 Å². The minimum absolute atomic E-state index is 0.0789. The Bertz CT molecular complexity index is 1640. The fraction of sp³-hybridized carbons (Fsp3) is 0.0741. The molecule has 3 aromatic carbocycles. The van der Waals surface area contributed by atoms with Crippen molar-refractivity contribution in [1.82, 2.24) is 10.3 Å². The second-order valence-corrected chi connectivity index (χ2v) is 9.45. The summed E-state index contributed by atoms with van der Waals surface area (Å²) in [6, 6.07) is 19.7. The number of oxazole rings is 1. The molecule has 36 heavy (non-hydrogen) atoms. The number of furan rings is 1. The molecule has 180 valence electrons. The van der Waals surface area contributed by atoms with Gasteiger partial charge in [0.2, 0.25) is 5.89 Å². The van der Waals surface area contributed by atoms with Gasteiger partial charge < -0.3 is 14.2 Å². The molecule has 2 N–H and O–H groups in total. The summed E-state index contributed by atoms with van der Waals surface area (Å²) in [5, 5.41) is 6.68. The van der Waals surface area contributed by atoms with Gasteiger partial charge in [0.1, 0.15) is 11.3 Å². The first kappa shape index (κ1) is 24.1. The van der Waals surface area contributed by atoms with Crippen LogP contribution in [0.3, 0.4) is 0 Å². The van der Waals surface area contributed by atoms with Crippen molar-refractivity contribution in [2.24, 2.45) is 0 Å². The van der Waals surface area contributed by atoms with Crippen molar-refractivity contribution in [3.8, 4) is 22.8 Å². The second kappa shape index (κ2) is 9.78. The van der Waals surface area contributed by atoms with Crippen LogP contribution in [0.5, 0.6) is 0 Å². The molecule has 5 rings (SSSR count). The number of hydrogen-bond donors (Lipinski definition) is 2. The van der Waals surface area contributed by atoms with Crippen molar-refractivity contribution in [2.45, 2.75) is 13.8 Å². The minimum Gasteiger partial charge on any atom is -0.451 e. The molecule has 2 aromatic heterocycles. The molecule has 0 spiro atoms. The number of hydrogen-bond acceptors (Lipinski definition) is 5. The maximum absolute atomic E-state index is 12.6. The van der Waals surface area contributed by atoms with Crippen LogP contribution in [-0.2, 0) is 0 Å². The Morgan fingerprint density at radius 1 is 0.917 bits per heavy atom. The maximum Gasteiger partial charge on any atom is 0.293 e. The van der Waals surface area contributed by atoms with Gasteiger partial charge in [-0.05, 0) is 97.9 Å². The number of aryl methyl sites for hydroxylation is 2. The van der Waals surface area contributed by atoms with Crippen molar-refractivity contribution in [2.75, 3.05) is 5.32 Å². The van der Waals surface area contributed by atoms with E-state index >= 15 is 0 Å². The summed E-state index contributed by atoms with van der Waals surface area (Å²) < 4.78 is 11.6. The van der Waals surface area contributed by atoms with E-state index < -0.39 is 5.91 Å². The van der Waals surface area contributed by atoms with Crippen LogP contribution in [0, 0.1) is 13.8 Å². The van der Waals surface area contributed by atoms with Gasteiger partial charge in [-0.1, -0.05) is 29.3 Å². The number of carbonyl (C=O) groups excluding carboxylic acids is 1. The highest BCUT2D eigenvalue weighted by Gasteiger charge is 2.16. The monoisotopic (exact) mass is 535 g/mol. The van der Waals surface area contributed by atoms with E-state index in [9.17, 15) is 4.79 Å². The number of rotatable bonds is 4. The van der Waals surface area contributed by atoms with Gasteiger partial charge >= 0.3 is 0 Å². The first-order valence-electron chi connectivity index (χ1n) is 10.9. The molecule has 1 amide bonds. The number of amides is 1. The smallest absolute Gasteiger partial charge is 0.293 e. The Balaban J connectivity index is 1.28. The minimum atomic E-state index is -0.503. The molecule has 0 aliphatic rings. The Labute approximate surface area is 222 Å². The lowest BCUT2D eigenvalue weighted by molar-refractivity contribution is 0.0951. The zero-order chi connectivity index (χ0) is 25.4. The molecule has 0 saturated heterocycles. The highest BCUT2D eigenvalue weighted by molar-refractivity contribution is 7.80. The highest BCUT2D eigenvalue weighted by atomic mass is 35.5. The van der Waals surface area contributed by atoms with E-state index in [1.165, 1.54) is 5.56 Å². The summed E-state index contributed by atoms with van der Waals surface area (Å²) >= 11 is 17.6. The fourth-order valence-corrected chi connectivity index (χ4v) is 4.21. The average molecular weight is 536 g/mol. The summed E-state index contributed by atoms with van der Waals surface area (Å²) in [6.07, 6.45) is 0. The molecule has 0 saturated carbocycles. The predicted molar refractivity (Wildman–Crippen MR) is 147 cm³/mol. The maximum atomic E-state index is 12.6. The number of carbonyl (C=O) groups is 1. The number of aromatic nitrogens is 1. The van der Waals surface area contributed by atoms with Crippen molar-refractivity contribution in [3.05, 3.63) is 93.7 Å². The molecular formula is C27H19Cl2N3O3S. The third kappa shape index (κ3) is 4.99. The lowest BCUT2D eigenvalue weighted by Gasteiger charge is -2.08. The molecule has 0 bridgehead atoms. The molecule has 2 heterocycles. The molecule has 6 nitrogen and oxygen atoms in total. The van der Waals surface area contributed by atoms with Gasteiger partial charge in [-0.3, -0.25) is 10.1 Å². The van der Waals surface area contributed by atoms with Crippen LogP contribution in [0.25, 0.3) is 33.9 Å². The number of nitrogens with one attached hydrogen (secondary N) is 2. The van der Waals surface area contributed by atoms with Gasteiger partial charge in [0, 0.05) is 21.8 Å². The van der Waals surface area contributed by atoms with E-state index in [1.54, 1.807) is 48.5 Å². The zero-order valence-electron chi connectivity index (χ0n) is 19.2. The fourth-order valence-electron chi connectivity index (χ4n) is 3.62. The Hall–Kier alpha value is -3.65. The van der Waals surface area contributed by atoms with Gasteiger partial charge in [0.15, 0.2) is 16.5 Å². The molecule has 0 unspecified atom stereocenters. The molecule has 0 radical (unpaired) electrons. The van der Waals surface area contributed by atoms with E-state index in [0.29, 0.717) is 44.0 Å². The van der Waals surface area contributed by atoms with Crippen LogP contribution in [0.4, 0.5) is 5.69 Å². The first-order chi connectivity index (χ1) is 17.3. The van der Waals surface area contributed by atoms with Crippen LogP contribution in [0.15, 0.2) is 75.6 Å². The number of anilines is 1. The number of thiocarbonyl (C=S) groups is 1. The van der Waals surface area contributed by atoms with Gasteiger partial charge in [0.25, 0.3) is 5.91 Å². The lowest BCUT2D eigenvalue weighted by Crippen LogP contribution is -2.33. The summed E-state index contributed by atoms with van der Waals surface area (Å²) in [6.45, 7) is 4.11.